The molecule has 3 N–H and O–H groups in total. The van der Waals surface area contributed by atoms with Crippen LogP contribution >= 0.6 is 12.4 Å². The van der Waals surface area contributed by atoms with Crippen molar-refractivity contribution in [3.8, 4) is 0 Å². The van der Waals surface area contributed by atoms with E-state index in [0.29, 0.717) is 13.2 Å². The van der Waals surface area contributed by atoms with Gasteiger partial charge in [-0.1, -0.05) is 12.1 Å². The molecule has 1 aliphatic rings. The molecule has 3 atom stereocenters. The van der Waals surface area contributed by atoms with Gasteiger partial charge in [-0.05, 0) is 38.6 Å². The third kappa shape index (κ3) is 4.90. The number of sulfonamides is 1. The Bertz CT molecular complexity index is 651. The minimum Gasteiger partial charge on any atom is -0.375 e. The van der Waals surface area contributed by atoms with Crippen LogP contribution in [0, 0.1) is 0 Å². The van der Waals surface area contributed by atoms with E-state index < -0.39 is 10.0 Å². The monoisotopic (exact) mass is 377 g/mol. The van der Waals surface area contributed by atoms with E-state index in [4.69, 9.17) is 4.74 Å². The molecule has 0 bridgehead atoms. The second-order valence-corrected chi connectivity index (χ2v) is 7.40. The standard InChI is InChI=1S/C15H23N3O4S.ClH/c1-10(18-15(19)14-11(2)22-9-8-17-14)12-4-6-13(7-5-12)23(20,21)16-3;/h4-7,10-11,14,16-17H,8-9H2,1-3H3,(H,18,19);1H/t10?,11-,14+;/m1./s1. The molecule has 24 heavy (non-hydrogen) atoms. The van der Waals surface area contributed by atoms with E-state index in [9.17, 15) is 13.2 Å². The van der Waals surface area contributed by atoms with Gasteiger partial charge in [-0.15, -0.1) is 12.4 Å². The van der Waals surface area contributed by atoms with Crippen LogP contribution in [0.25, 0.3) is 0 Å². The number of nitrogens with one attached hydrogen (secondary N) is 3. The van der Waals surface area contributed by atoms with Gasteiger partial charge in [-0.25, -0.2) is 13.1 Å². The molecule has 0 saturated carbocycles. The number of morpholine rings is 1. The van der Waals surface area contributed by atoms with Crippen LogP contribution in [-0.4, -0.2) is 46.7 Å². The van der Waals surface area contributed by atoms with Crippen LogP contribution in [-0.2, 0) is 19.6 Å². The van der Waals surface area contributed by atoms with E-state index in [1.807, 2.05) is 13.8 Å². The van der Waals surface area contributed by atoms with Gasteiger partial charge in [-0.3, -0.25) is 4.79 Å². The number of rotatable bonds is 5. The normalized spacial score (nSPS) is 22.3. The molecular formula is C15H24ClN3O4S. The quantitative estimate of drug-likeness (QED) is 0.697. The summed E-state index contributed by atoms with van der Waals surface area (Å²) >= 11 is 0. The number of hydrogen-bond acceptors (Lipinski definition) is 5. The summed E-state index contributed by atoms with van der Waals surface area (Å²) in [5.41, 5.74) is 0.831. The van der Waals surface area contributed by atoms with Gasteiger partial charge in [0.1, 0.15) is 6.04 Å². The molecule has 1 aliphatic heterocycles. The maximum Gasteiger partial charge on any atom is 0.240 e. The number of carbonyl (C=O) groups is 1. The van der Waals surface area contributed by atoms with Gasteiger partial charge in [0.2, 0.25) is 15.9 Å². The SMILES string of the molecule is CNS(=O)(=O)c1ccc(C(C)NC(=O)[C@H]2NCCO[C@@H]2C)cc1.Cl. The van der Waals surface area contributed by atoms with Crippen molar-refractivity contribution < 1.29 is 17.9 Å². The zero-order valence-electron chi connectivity index (χ0n) is 13.9. The smallest absolute Gasteiger partial charge is 0.240 e. The molecule has 136 valence electrons. The zero-order chi connectivity index (χ0) is 17.0. The molecule has 9 heteroatoms. The summed E-state index contributed by atoms with van der Waals surface area (Å²) in [7, 11) is -2.08. The first-order valence-corrected chi connectivity index (χ1v) is 9.02. The fourth-order valence-electron chi connectivity index (χ4n) is 2.47. The van der Waals surface area contributed by atoms with E-state index in [2.05, 4.69) is 15.4 Å². The van der Waals surface area contributed by atoms with E-state index >= 15 is 0 Å². The number of hydrogen-bond donors (Lipinski definition) is 3. The topological polar surface area (TPSA) is 96.5 Å². The molecule has 1 aromatic carbocycles. The minimum absolute atomic E-state index is 0. The second kappa shape index (κ2) is 8.77. The first kappa shape index (κ1) is 20.9. The van der Waals surface area contributed by atoms with Crippen LogP contribution in [0.2, 0.25) is 0 Å². The van der Waals surface area contributed by atoms with E-state index in [0.717, 1.165) is 5.56 Å². The second-order valence-electron chi connectivity index (χ2n) is 5.51. The number of ether oxygens (including phenoxy) is 1. The van der Waals surface area contributed by atoms with Crippen LogP contribution in [0.3, 0.4) is 0 Å². The number of halogens is 1. The third-order valence-corrected chi connectivity index (χ3v) is 5.35. The number of carbonyl (C=O) groups excluding carboxylic acids is 1. The van der Waals surface area contributed by atoms with Crippen molar-refractivity contribution in [1.29, 1.82) is 0 Å². The Morgan fingerprint density at radius 2 is 1.96 bits per heavy atom. The summed E-state index contributed by atoms with van der Waals surface area (Å²) in [5.74, 6) is -0.128. The van der Waals surface area contributed by atoms with Crippen LogP contribution < -0.4 is 15.4 Å². The molecule has 1 aromatic rings. The summed E-state index contributed by atoms with van der Waals surface area (Å²) in [6.07, 6.45) is -0.181. The molecule has 0 aliphatic carbocycles. The highest BCUT2D eigenvalue weighted by atomic mass is 35.5. The predicted molar refractivity (Wildman–Crippen MR) is 93.7 cm³/mol. The molecule has 1 heterocycles. The molecule has 0 spiro atoms. The van der Waals surface area contributed by atoms with Crippen LogP contribution in [0.5, 0.6) is 0 Å². The van der Waals surface area contributed by atoms with Gasteiger partial charge in [0.05, 0.1) is 23.6 Å². The Kier molecular flexibility index (Phi) is 7.62. The average molecular weight is 378 g/mol. The summed E-state index contributed by atoms with van der Waals surface area (Å²) in [6.45, 7) is 4.96. The Hall–Kier alpha value is -1.19. The van der Waals surface area contributed by atoms with Crippen molar-refractivity contribution in [2.75, 3.05) is 20.2 Å². The van der Waals surface area contributed by atoms with Crippen molar-refractivity contribution in [3.63, 3.8) is 0 Å². The Labute approximate surface area is 149 Å². The molecule has 1 amide bonds. The molecule has 0 aromatic heterocycles. The number of benzene rings is 1. The van der Waals surface area contributed by atoms with Gasteiger partial charge >= 0.3 is 0 Å². The van der Waals surface area contributed by atoms with Crippen molar-refractivity contribution in [3.05, 3.63) is 29.8 Å². The molecule has 1 fully saturated rings. The Morgan fingerprint density at radius 3 is 2.50 bits per heavy atom. The minimum atomic E-state index is -3.45. The highest BCUT2D eigenvalue weighted by Gasteiger charge is 2.29. The fraction of sp³-hybridized carbons (Fsp3) is 0.533. The predicted octanol–water partition coefficient (Wildman–Crippen LogP) is 0.571. The Balaban J connectivity index is 0.00000288. The maximum absolute atomic E-state index is 12.3. The lowest BCUT2D eigenvalue weighted by Crippen LogP contribution is -2.55. The molecule has 2 rings (SSSR count). The molecule has 1 unspecified atom stereocenters. The zero-order valence-corrected chi connectivity index (χ0v) is 15.5. The summed E-state index contributed by atoms with van der Waals surface area (Å²) < 4.78 is 31.1. The van der Waals surface area contributed by atoms with Crippen molar-refractivity contribution in [2.45, 2.75) is 36.9 Å². The maximum atomic E-state index is 12.3. The van der Waals surface area contributed by atoms with Gasteiger partial charge in [0.25, 0.3) is 0 Å². The fourth-order valence-corrected chi connectivity index (χ4v) is 3.20. The summed E-state index contributed by atoms with van der Waals surface area (Å²) in [5, 5.41) is 6.06. The average Bonchev–Trinajstić information content (AvgIpc) is 2.55. The lowest BCUT2D eigenvalue weighted by molar-refractivity contribution is -0.129. The molecule has 7 nitrogen and oxygen atoms in total. The van der Waals surface area contributed by atoms with Crippen molar-refractivity contribution >= 4 is 28.3 Å². The summed E-state index contributed by atoms with van der Waals surface area (Å²) in [4.78, 5) is 12.5. The third-order valence-electron chi connectivity index (χ3n) is 3.92. The van der Waals surface area contributed by atoms with E-state index in [1.54, 1.807) is 12.1 Å². The van der Waals surface area contributed by atoms with Crippen molar-refractivity contribution in [1.82, 2.24) is 15.4 Å². The van der Waals surface area contributed by atoms with Gasteiger partial charge < -0.3 is 15.4 Å². The molecular weight excluding hydrogens is 354 g/mol. The van der Waals surface area contributed by atoms with Crippen LogP contribution in [0.1, 0.15) is 25.5 Å². The van der Waals surface area contributed by atoms with Crippen molar-refractivity contribution in [2.24, 2.45) is 0 Å². The molecule has 1 saturated heterocycles. The highest BCUT2D eigenvalue weighted by molar-refractivity contribution is 7.89. The largest absolute Gasteiger partial charge is 0.375 e. The number of amides is 1. The molecule has 0 radical (unpaired) electrons. The Morgan fingerprint density at radius 1 is 1.33 bits per heavy atom. The first-order valence-electron chi connectivity index (χ1n) is 7.54. The first-order chi connectivity index (χ1) is 10.8. The highest BCUT2D eigenvalue weighted by Crippen LogP contribution is 2.17. The van der Waals surface area contributed by atoms with E-state index in [-0.39, 0.29) is 41.4 Å². The van der Waals surface area contributed by atoms with Crippen LogP contribution in [0.15, 0.2) is 29.2 Å². The van der Waals surface area contributed by atoms with E-state index in [1.165, 1.54) is 19.2 Å². The van der Waals surface area contributed by atoms with Crippen LogP contribution in [0.4, 0.5) is 0 Å². The lowest BCUT2D eigenvalue weighted by Gasteiger charge is -2.30. The lowest BCUT2D eigenvalue weighted by atomic mass is 10.1. The van der Waals surface area contributed by atoms with Gasteiger partial charge in [0, 0.05) is 6.54 Å². The van der Waals surface area contributed by atoms with Gasteiger partial charge in [0.15, 0.2) is 0 Å². The summed E-state index contributed by atoms with van der Waals surface area (Å²) in [6, 6.07) is 5.83. The van der Waals surface area contributed by atoms with Gasteiger partial charge in [-0.2, -0.15) is 0 Å².